The third-order valence-electron chi connectivity index (χ3n) is 5.52. The van der Waals surface area contributed by atoms with Crippen LogP contribution in [0.25, 0.3) is 0 Å². The molecule has 2 aliphatic rings. The zero-order valence-corrected chi connectivity index (χ0v) is 15.9. The Hall–Kier alpha value is -2.63. The lowest BCUT2D eigenvalue weighted by atomic mass is 9.98. The van der Waals surface area contributed by atoms with Crippen molar-refractivity contribution in [2.24, 2.45) is 5.92 Å². The van der Waals surface area contributed by atoms with Crippen molar-refractivity contribution in [2.75, 3.05) is 11.9 Å². The molecule has 6 heteroatoms. The van der Waals surface area contributed by atoms with Gasteiger partial charge in [0.1, 0.15) is 5.76 Å². The minimum atomic E-state index is -0.0309. The number of carbonyl (C=O) groups is 2. The number of amides is 2. The first-order valence-electron chi connectivity index (χ1n) is 9.63. The minimum absolute atomic E-state index is 0.0309. The summed E-state index contributed by atoms with van der Waals surface area (Å²) in [6, 6.07) is 6.03. The number of carbonyl (C=O) groups excluding carboxylic acids is 2. The number of anilines is 1. The van der Waals surface area contributed by atoms with E-state index in [0.717, 1.165) is 54.1 Å². The van der Waals surface area contributed by atoms with Gasteiger partial charge in [0.15, 0.2) is 0 Å². The molecule has 2 heterocycles. The number of benzene rings is 1. The summed E-state index contributed by atoms with van der Waals surface area (Å²) in [5.74, 6) is 1.28. The summed E-state index contributed by atoms with van der Waals surface area (Å²) in [5, 5.41) is 6.90. The second kappa shape index (κ2) is 7.18. The number of rotatable bonds is 5. The fourth-order valence-electron chi connectivity index (χ4n) is 3.73. The molecule has 1 aliphatic heterocycles. The van der Waals surface area contributed by atoms with Gasteiger partial charge in [-0.15, -0.1) is 0 Å². The van der Waals surface area contributed by atoms with E-state index in [1.54, 1.807) is 0 Å². The van der Waals surface area contributed by atoms with Crippen LogP contribution in [0.1, 0.15) is 47.4 Å². The molecule has 27 heavy (non-hydrogen) atoms. The Kier molecular flexibility index (Phi) is 4.72. The van der Waals surface area contributed by atoms with E-state index >= 15 is 0 Å². The van der Waals surface area contributed by atoms with Gasteiger partial charge < -0.3 is 14.7 Å². The molecular formula is C21H25N3O3. The second-order valence-corrected chi connectivity index (χ2v) is 7.62. The molecule has 142 valence electrons. The molecule has 1 saturated carbocycles. The lowest BCUT2D eigenvalue weighted by Crippen LogP contribution is -2.36. The molecule has 4 rings (SSSR count). The lowest BCUT2D eigenvalue weighted by Gasteiger charge is -2.29. The van der Waals surface area contributed by atoms with Gasteiger partial charge in [0.2, 0.25) is 11.8 Å². The summed E-state index contributed by atoms with van der Waals surface area (Å²) >= 11 is 0. The molecule has 1 fully saturated rings. The zero-order valence-electron chi connectivity index (χ0n) is 15.9. The van der Waals surface area contributed by atoms with E-state index in [0.29, 0.717) is 19.4 Å². The maximum absolute atomic E-state index is 12.3. The number of aromatic nitrogens is 1. The molecule has 2 aromatic rings. The van der Waals surface area contributed by atoms with Gasteiger partial charge in [-0.3, -0.25) is 9.59 Å². The normalized spacial score (nSPS) is 16.1. The van der Waals surface area contributed by atoms with Crippen molar-refractivity contribution in [2.45, 2.75) is 52.5 Å². The SMILES string of the molecule is Cc1noc(C)c1CCC(=O)Nc1ccc2c(c1)CN(C(=O)C1CC1)CC2. The van der Waals surface area contributed by atoms with E-state index in [1.165, 1.54) is 5.56 Å². The third kappa shape index (κ3) is 3.89. The zero-order chi connectivity index (χ0) is 19.0. The lowest BCUT2D eigenvalue weighted by molar-refractivity contribution is -0.133. The number of hydrogen-bond acceptors (Lipinski definition) is 4. The van der Waals surface area contributed by atoms with Crippen molar-refractivity contribution < 1.29 is 14.1 Å². The van der Waals surface area contributed by atoms with Crippen molar-refractivity contribution in [3.63, 3.8) is 0 Å². The Morgan fingerprint density at radius 2 is 2.07 bits per heavy atom. The molecule has 2 amide bonds. The van der Waals surface area contributed by atoms with Crippen LogP contribution in [-0.2, 0) is 29.0 Å². The van der Waals surface area contributed by atoms with Crippen LogP contribution in [0.4, 0.5) is 5.69 Å². The van der Waals surface area contributed by atoms with Crippen LogP contribution in [0.3, 0.4) is 0 Å². The Morgan fingerprint density at radius 1 is 1.26 bits per heavy atom. The standard InChI is InChI=1S/C21H25N3O3/c1-13-19(14(2)27-23-13)7-8-20(25)22-18-6-5-15-9-10-24(12-17(15)11-18)21(26)16-3-4-16/h5-6,11,16H,3-4,7-10,12H2,1-2H3,(H,22,25). The quantitative estimate of drug-likeness (QED) is 0.881. The Balaban J connectivity index is 1.37. The van der Waals surface area contributed by atoms with E-state index < -0.39 is 0 Å². The maximum Gasteiger partial charge on any atom is 0.225 e. The van der Waals surface area contributed by atoms with Gasteiger partial charge in [0, 0.05) is 36.7 Å². The summed E-state index contributed by atoms with van der Waals surface area (Å²) in [6.07, 6.45) is 3.94. The summed E-state index contributed by atoms with van der Waals surface area (Å²) < 4.78 is 5.14. The van der Waals surface area contributed by atoms with Crippen LogP contribution in [0.15, 0.2) is 22.7 Å². The average Bonchev–Trinajstić information content (AvgIpc) is 3.45. The fraction of sp³-hybridized carbons (Fsp3) is 0.476. The molecule has 1 aromatic heterocycles. The number of fused-ring (bicyclic) bond motifs is 1. The summed E-state index contributed by atoms with van der Waals surface area (Å²) in [4.78, 5) is 26.6. The summed E-state index contributed by atoms with van der Waals surface area (Å²) in [5.41, 5.74) is 5.04. The Bertz CT molecular complexity index is 863. The number of nitrogens with zero attached hydrogens (tertiary/aromatic N) is 2. The first-order valence-corrected chi connectivity index (χ1v) is 9.63. The molecule has 0 saturated heterocycles. The third-order valence-corrected chi connectivity index (χ3v) is 5.52. The first-order chi connectivity index (χ1) is 13.0. The molecule has 1 aliphatic carbocycles. The van der Waals surface area contributed by atoms with Crippen molar-refractivity contribution in [3.05, 3.63) is 46.3 Å². The predicted octanol–water partition coefficient (Wildman–Crippen LogP) is 3.16. The van der Waals surface area contributed by atoms with Gasteiger partial charge in [-0.25, -0.2) is 0 Å². The van der Waals surface area contributed by atoms with Crippen molar-refractivity contribution in [1.82, 2.24) is 10.1 Å². The van der Waals surface area contributed by atoms with Crippen LogP contribution in [0, 0.1) is 19.8 Å². The monoisotopic (exact) mass is 367 g/mol. The molecule has 0 atom stereocenters. The minimum Gasteiger partial charge on any atom is -0.361 e. The Morgan fingerprint density at radius 3 is 2.78 bits per heavy atom. The van der Waals surface area contributed by atoms with Crippen LogP contribution in [-0.4, -0.2) is 28.4 Å². The molecule has 0 unspecified atom stereocenters. The van der Waals surface area contributed by atoms with Crippen LogP contribution < -0.4 is 5.32 Å². The largest absolute Gasteiger partial charge is 0.361 e. The molecular weight excluding hydrogens is 342 g/mol. The van der Waals surface area contributed by atoms with Gasteiger partial charge in [0.25, 0.3) is 0 Å². The maximum atomic E-state index is 12.3. The topological polar surface area (TPSA) is 75.4 Å². The van der Waals surface area contributed by atoms with Gasteiger partial charge in [-0.05, 0) is 62.8 Å². The number of nitrogens with one attached hydrogen (secondary N) is 1. The smallest absolute Gasteiger partial charge is 0.225 e. The summed E-state index contributed by atoms with van der Waals surface area (Å²) in [7, 11) is 0. The molecule has 1 N–H and O–H groups in total. The van der Waals surface area contributed by atoms with E-state index in [9.17, 15) is 9.59 Å². The van der Waals surface area contributed by atoms with Gasteiger partial charge in [0.05, 0.1) is 5.69 Å². The fourth-order valence-corrected chi connectivity index (χ4v) is 3.73. The van der Waals surface area contributed by atoms with E-state index in [1.807, 2.05) is 30.9 Å². The molecule has 0 radical (unpaired) electrons. The second-order valence-electron chi connectivity index (χ2n) is 7.62. The highest BCUT2D eigenvalue weighted by atomic mass is 16.5. The summed E-state index contributed by atoms with van der Waals surface area (Å²) in [6.45, 7) is 5.20. The van der Waals surface area contributed by atoms with Crippen LogP contribution >= 0.6 is 0 Å². The number of aryl methyl sites for hydroxylation is 2. The van der Waals surface area contributed by atoms with E-state index in [-0.39, 0.29) is 17.7 Å². The first kappa shape index (κ1) is 17.8. The molecule has 1 aromatic carbocycles. The van der Waals surface area contributed by atoms with Gasteiger partial charge in [-0.1, -0.05) is 11.2 Å². The Labute approximate surface area is 158 Å². The van der Waals surface area contributed by atoms with Crippen LogP contribution in [0.2, 0.25) is 0 Å². The molecule has 6 nitrogen and oxygen atoms in total. The molecule has 0 bridgehead atoms. The van der Waals surface area contributed by atoms with Gasteiger partial charge in [-0.2, -0.15) is 0 Å². The van der Waals surface area contributed by atoms with E-state index in [2.05, 4.69) is 16.5 Å². The average molecular weight is 367 g/mol. The van der Waals surface area contributed by atoms with Crippen LogP contribution in [0.5, 0.6) is 0 Å². The van der Waals surface area contributed by atoms with E-state index in [4.69, 9.17) is 4.52 Å². The van der Waals surface area contributed by atoms with Gasteiger partial charge >= 0.3 is 0 Å². The van der Waals surface area contributed by atoms with Crippen molar-refractivity contribution in [3.8, 4) is 0 Å². The van der Waals surface area contributed by atoms with Crippen molar-refractivity contribution >= 4 is 17.5 Å². The highest BCUT2D eigenvalue weighted by Gasteiger charge is 2.34. The number of hydrogen-bond donors (Lipinski definition) is 1. The molecule has 0 spiro atoms. The predicted molar refractivity (Wildman–Crippen MR) is 101 cm³/mol. The highest BCUT2D eigenvalue weighted by molar-refractivity contribution is 5.91. The van der Waals surface area contributed by atoms with Crippen molar-refractivity contribution in [1.29, 1.82) is 0 Å². The highest BCUT2D eigenvalue weighted by Crippen LogP contribution is 2.33.